The molecule has 1 atom stereocenters. The summed E-state index contributed by atoms with van der Waals surface area (Å²) in [4.78, 5) is 60.8. The summed E-state index contributed by atoms with van der Waals surface area (Å²) in [5.41, 5.74) is 0.648. The van der Waals surface area contributed by atoms with Crippen molar-refractivity contribution in [3.63, 3.8) is 0 Å². The van der Waals surface area contributed by atoms with Crippen molar-refractivity contribution in [1.29, 1.82) is 0 Å². The number of halogens is 2. The molecular formula is C38H35F2N7O7S. The second-order valence-corrected chi connectivity index (χ2v) is 14.7. The van der Waals surface area contributed by atoms with Gasteiger partial charge >= 0.3 is 11.7 Å². The van der Waals surface area contributed by atoms with Crippen LogP contribution < -0.4 is 21.3 Å². The molecule has 55 heavy (non-hydrogen) atoms. The number of nitrogens with zero attached hydrogens (tertiary/aromatic N) is 5. The number of rotatable bonds is 11. The zero-order valence-corrected chi connectivity index (χ0v) is 31.0. The number of fused-ring (bicyclic) bond motifs is 1. The normalized spacial score (nSPS) is 12.1. The van der Waals surface area contributed by atoms with Gasteiger partial charge in [-0.05, 0) is 86.0 Å². The third kappa shape index (κ3) is 7.91. The average Bonchev–Trinajstić information content (AvgIpc) is 3.52. The van der Waals surface area contributed by atoms with Crippen molar-refractivity contribution >= 4 is 38.8 Å². The molecule has 3 aromatic carbocycles. The monoisotopic (exact) mass is 771 g/mol. The molecule has 3 aromatic heterocycles. The maximum atomic E-state index is 15.4. The molecule has 3 heterocycles. The van der Waals surface area contributed by atoms with Crippen LogP contribution in [0.2, 0.25) is 0 Å². The molecule has 0 fully saturated rings. The van der Waals surface area contributed by atoms with Crippen LogP contribution in [0, 0.1) is 18.6 Å². The molecule has 14 nitrogen and oxygen atoms in total. The number of benzene rings is 3. The first-order valence-electron chi connectivity index (χ1n) is 16.8. The molecule has 0 radical (unpaired) electrons. The zero-order chi connectivity index (χ0) is 39.8. The highest BCUT2D eigenvalue weighted by Crippen LogP contribution is 2.25. The van der Waals surface area contributed by atoms with Gasteiger partial charge in [-0.2, -0.15) is 0 Å². The van der Waals surface area contributed by atoms with Crippen LogP contribution in [0.3, 0.4) is 0 Å². The van der Waals surface area contributed by atoms with E-state index in [-0.39, 0.29) is 28.2 Å². The molecule has 2 N–H and O–H groups in total. The first-order valence-corrected chi connectivity index (χ1v) is 18.3. The molecule has 0 unspecified atom stereocenters. The molecule has 0 saturated carbocycles. The van der Waals surface area contributed by atoms with E-state index in [1.165, 1.54) is 58.9 Å². The van der Waals surface area contributed by atoms with Gasteiger partial charge in [-0.3, -0.25) is 23.9 Å². The first-order chi connectivity index (χ1) is 26.0. The van der Waals surface area contributed by atoms with Gasteiger partial charge in [-0.25, -0.2) is 36.3 Å². The predicted molar refractivity (Wildman–Crippen MR) is 199 cm³/mol. The molecule has 0 spiro atoms. The Labute approximate surface area is 313 Å². The Morgan fingerprint density at radius 3 is 2.16 bits per heavy atom. The number of imidazole rings is 1. The number of hydrogen-bond acceptors (Lipinski definition) is 9. The van der Waals surface area contributed by atoms with E-state index in [1.807, 2.05) is 13.0 Å². The van der Waals surface area contributed by atoms with Crippen molar-refractivity contribution < 1.29 is 31.5 Å². The number of amides is 1. The fourth-order valence-electron chi connectivity index (χ4n) is 5.94. The number of aromatic nitrogens is 5. The minimum absolute atomic E-state index is 0.173. The lowest BCUT2D eigenvalue weighted by Crippen LogP contribution is -2.44. The maximum absolute atomic E-state index is 15.4. The second-order valence-electron chi connectivity index (χ2n) is 13.0. The van der Waals surface area contributed by atoms with Crippen LogP contribution in [0.15, 0.2) is 99.8 Å². The largest absolute Gasteiger partial charge is 0.461 e. The predicted octanol–water partition coefficient (Wildman–Crippen LogP) is 4.17. The minimum atomic E-state index is -4.30. The van der Waals surface area contributed by atoms with Crippen molar-refractivity contribution in [3.05, 3.63) is 135 Å². The fourth-order valence-corrected chi connectivity index (χ4v) is 6.98. The molecule has 0 aliphatic heterocycles. The number of sulfonamides is 1. The fraction of sp³-hybridized carbons (Fsp3) is 0.211. The number of hydrogen-bond donors (Lipinski definition) is 2. The summed E-state index contributed by atoms with van der Waals surface area (Å²) in [5, 5.41) is 2.33. The quantitative estimate of drug-likeness (QED) is 0.183. The lowest BCUT2D eigenvalue weighted by atomic mass is 10.0. The molecule has 0 bridgehead atoms. The summed E-state index contributed by atoms with van der Waals surface area (Å²) in [6.45, 7) is 4.99. The van der Waals surface area contributed by atoms with Crippen molar-refractivity contribution in [2.75, 3.05) is 4.72 Å². The van der Waals surface area contributed by atoms with Crippen molar-refractivity contribution in [3.8, 4) is 16.8 Å². The van der Waals surface area contributed by atoms with Crippen LogP contribution in [0.1, 0.15) is 35.5 Å². The molecule has 0 saturated heterocycles. The first kappa shape index (κ1) is 38.2. The van der Waals surface area contributed by atoms with E-state index in [4.69, 9.17) is 4.74 Å². The Morgan fingerprint density at radius 1 is 0.891 bits per heavy atom. The Hall–Kier alpha value is -6.49. The highest BCUT2D eigenvalue weighted by atomic mass is 32.2. The van der Waals surface area contributed by atoms with Gasteiger partial charge in [0.1, 0.15) is 23.2 Å². The number of nitrogens with one attached hydrogen (secondary N) is 2. The molecule has 0 aliphatic carbocycles. The van der Waals surface area contributed by atoms with E-state index < -0.39 is 68.2 Å². The van der Waals surface area contributed by atoms with E-state index >= 15 is 8.78 Å². The van der Waals surface area contributed by atoms with E-state index in [0.29, 0.717) is 17.7 Å². The molecule has 6 rings (SSSR count). The summed E-state index contributed by atoms with van der Waals surface area (Å²) >= 11 is 0. The summed E-state index contributed by atoms with van der Waals surface area (Å²) < 4.78 is 68.1. The highest BCUT2D eigenvalue weighted by Gasteiger charge is 2.28. The summed E-state index contributed by atoms with van der Waals surface area (Å²) in [5.74, 6) is -4.98. The molecule has 17 heteroatoms. The molecule has 0 aliphatic rings. The highest BCUT2D eigenvalue weighted by molar-refractivity contribution is 7.92. The van der Waals surface area contributed by atoms with E-state index in [1.54, 1.807) is 45.3 Å². The summed E-state index contributed by atoms with van der Waals surface area (Å²) in [6, 6.07) is 15.3. The molecular weight excluding hydrogens is 737 g/mol. The number of anilines is 1. The standard InChI is InChI=1S/C38H35F2N7O7S/c1-21(2)54-37(50)31(17-23-6-10-27(11-7-23)47-36(49)33-34(42-20-45(33)4)46(5)38(47)51)43-35(48)32-29(39)18-26(19-30(32)40)44-55(52,53)28-12-8-24(9-13-28)25-14-15-41-22(3)16-25/h6-16,18-21,31,44H,17H2,1-5H3,(H,43,48)/t31-/m0/s1. The van der Waals surface area contributed by atoms with Crippen molar-refractivity contribution in [1.82, 2.24) is 29.0 Å². The average molecular weight is 772 g/mol. The van der Waals surface area contributed by atoms with E-state index in [0.717, 1.165) is 21.4 Å². The van der Waals surface area contributed by atoms with Gasteiger partial charge in [0.15, 0.2) is 11.2 Å². The number of carbonyl (C=O) groups is 2. The molecule has 284 valence electrons. The van der Waals surface area contributed by atoms with Gasteiger partial charge in [0.05, 0.1) is 28.7 Å². The van der Waals surface area contributed by atoms with Crippen molar-refractivity contribution in [2.45, 2.75) is 44.2 Å². The third-order valence-electron chi connectivity index (χ3n) is 8.61. The number of pyridine rings is 1. The summed E-state index contributed by atoms with van der Waals surface area (Å²) in [6.07, 6.45) is 2.24. The van der Waals surface area contributed by atoms with E-state index in [9.17, 15) is 27.6 Å². The Kier molecular flexibility index (Phi) is 10.5. The number of ether oxygens (including phenoxy) is 1. The van der Waals surface area contributed by atoms with Crippen LogP contribution in [0.25, 0.3) is 28.0 Å². The van der Waals surface area contributed by atoms with Crippen molar-refractivity contribution in [2.24, 2.45) is 14.1 Å². The Morgan fingerprint density at radius 2 is 1.55 bits per heavy atom. The van der Waals surface area contributed by atoms with Gasteiger partial charge in [-0.1, -0.05) is 24.3 Å². The summed E-state index contributed by atoms with van der Waals surface area (Å²) in [7, 11) is -1.19. The molecule has 1 amide bonds. The van der Waals surface area contributed by atoms with Crippen LogP contribution in [-0.2, 0) is 40.1 Å². The van der Waals surface area contributed by atoms with Gasteiger partial charge in [0.25, 0.3) is 21.5 Å². The van der Waals surface area contributed by atoms with Crippen LogP contribution in [0.5, 0.6) is 0 Å². The zero-order valence-electron chi connectivity index (χ0n) is 30.2. The van der Waals surface area contributed by atoms with Crippen LogP contribution in [0.4, 0.5) is 14.5 Å². The topological polar surface area (TPSA) is 176 Å². The number of aryl methyl sites for hydroxylation is 3. The van der Waals surface area contributed by atoms with Gasteiger partial charge in [0, 0.05) is 32.4 Å². The van der Waals surface area contributed by atoms with Gasteiger partial charge in [0.2, 0.25) is 0 Å². The lowest BCUT2D eigenvalue weighted by Gasteiger charge is -2.20. The third-order valence-corrected chi connectivity index (χ3v) is 10.0. The minimum Gasteiger partial charge on any atom is -0.461 e. The SMILES string of the molecule is Cc1cc(-c2ccc(S(=O)(=O)Nc3cc(F)c(C(=O)N[C@@H](Cc4ccc(-n5c(=O)c6c(ncn6C)n(C)c5=O)cc4)C(=O)OC(C)C)c(F)c3)cc2)ccn1. The Balaban J connectivity index is 1.21. The maximum Gasteiger partial charge on any atom is 0.337 e. The number of carbonyl (C=O) groups excluding carboxylic acids is 2. The van der Waals surface area contributed by atoms with Gasteiger partial charge in [-0.15, -0.1) is 0 Å². The number of esters is 1. The second kappa shape index (κ2) is 15.1. The lowest BCUT2D eigenvalue weighted by molar-refractivity contribution is -0.149. The van der Waals surface area contributed by atoms with Crippen LogP contribution >= 0.6 is 0 Å². The Bertz CT molecular complexity index is 2670. The van der Waals surface area contributed by atoms with Gasteiger partial charge < -0.3 is 14.6 Å². The smallest absolute Gasteiger partial charge is 0.337 e. The van der Waals surface area contributed by atoms with E-state index in [2.05, 4.69) is 20.0 Å². The molecule has 6 aromatic rings. The van der Waals surface area contributed by atoms with Crippen LogP contribution in [-0.4, -0.2) is 56.1 Å².